The van der Waals surface area contributed by atoms with E-state index in [0.29, 0.717) is 0 Å². The Morgan fingerprint density at radius 3 is 2.02 bits per heavy atom. The standard InChI is InChI=1S/C53H41N3S/c1-53(2)44-32-38(29-30-42(44)48-45(53)31-37-19-10-11-20-39(37)47(48)35-27-25-34(26-28-35)33-15-6-4-7-16-33)50-54-51(36-17-8-5-9-18-36)56(3)52(55-50)43-23-14-22-41-40-21-12-13-24-46(40)57-49(41)43/h4-32,50-51,54H,1-3H3. The highest BCUT2D eigenvalue weighted by Gasteiger charge is 2.39. The summed E-state index contributed by atoms with van der Waals surface area (Å²) in [5, 5.41) is 9.11. The van der Waals surface area contributed by atoms with Gasteiger partial charge in [0, 0.05) is 38.2 Å². The molecular weight excluding hydrogens is 711 g/mol. The predicted molar refractivity (Wildman–Crippen MR) is 241 cm³/mol. The SMILES string of the molecule is CN1C(c2cccc3c2sc2ccccc23)=NC(c2ccc3c(c2)C(C)(C)c2cc4ccccc4c(-c4ccc(-c5ccccc5)cc4)c2-3)NC1c1ccccc1. The first-order chi connectivity index (χ1) is 27.9. The van der Waals surface area contributed by atoms with E-state index in [4.69, 9.17) is 4.99 Å². The average molecular weight is 752 g/mol. The predicted octanol–water partition coefficient (Wildman–Crippen LogP) is 13.5. The van der Waals surface area contributed by atoms with Gasteiger partial charge in [0.15, 0.2) is 0 Å². The van der Waals surface area contributed by atoms with Crippen LogP contribution in [0.4, 0.5) is 0 Å². The maximum atomic E-state index is 5.60. The summed E-state index contributed by atoms with van der Waals surface area (Å²) in [6.07, 6.45) is -0.317. The highest BCUT2D eigenvalue weighted by molar-refractivity contribution is 7.26. The topological polar surface area (TPSA) is 27.6 Å². The summed E-state index contributed by atoms with van der Waals surface area (Å²) in [6, 6.07) is 64.5. The Kier molecular flexibility index (Phi) is 7.82. The second-order valence-electron chi connectivity index (χ2n) is 16.0. The Labute approximate surface area is 337 Å². The van der Waals surface area contributed by atoms with E-state index in [1.54, 1.807) is 0 Å². The number of nitrogens with one attached hydrogen (secondary N) is 1. The first-order valence-electron chi connectivity index (χ1n) is 19.8. The third kappa shape index (κ3) is 5.39. The van der Waals surface area contributed by atoms with Crippen molar-refractivity contribution < 1.29 is 0 Å². The summed E-state index contributed by atoms with van der Waals surface area (Å²) in [4.78, 5) is 7.92. The summed E-state index contributed by atoms with van der Waals surface area (Å²) in [5.41, 5.74) is 13.7. The molecule has 0 amide bonds. The van der Waals surface area contributed by atoms with E-state index in [2.05, 4.69) is 207 Å². The number of hydrogen-bond acceptors (Lipinski definition) is 4. The van der Waals surface area contributed by atoms with Gasteiger partial charge in [0.05, 0.1) is 0 Å². The molecule has 0 radical (unpaired) electrons. The van der Waals surface area contributed by atoms with Crippen LogP contribution in [-0.4, -0.2) is 17.8 Å². The molecule has 2 heterocycles. The molecule has 9 aromatic rings. The van der Waals surface area contributed by atoms with Gasteiger partial charge in [-0.15, -0.1) is 11.3 Å². The fraction of sp³-hybridized carbons (Fsp3) is 0.113. The molecular formula is C53H41N3S. The molecule has 0 spiro atoms. The van der Waals surface area contributed by atoms with Gasteiger partial charge in [-0.2, -0.15) is 0 Å². The first kappa shape index (κ1) is 34.0. The van der Waals surface area contributed by atoms with Crippen molar-refractivity contribution in [1.82, 2.24) is 10.2 Å². The molecule has 57 heavy (non-hydrogen) atoms. The molecule has 0 saturated carbocycles. The van der Waals surface area contributed by atoms with Gasteiger partial charge in [-0.05, 0) is 84.6 Å². The van der Waals surface area contributed by atoms with Gasteiger partial charge in [0.1, 0.15) is 18.2 Å². The Hall–Kier alpha value is -6.33. The van der Waals surface area contributed by atoms with E-state index in [-0.39, 0.29) is 17.7 Å². The number of fused-ring (bicyclic) bond motifs is 7. The number of thiophene rings is 1. The Morgan fingerprint density at radius 2 is 1.21 bits per heavy atom. The van der Waals surface area contributed by atoms with Crippen LogP contribution in [0.5, 0.6) is 0 Å². The summed E-state index contributed by atoms with van der Waals surface area (Å²) in [5.74, 6) is 1.00. The lowest BCUT2D eigenvalue weighted by Gasteiger charge is -2.39. The molecule has 274 valence electrons. The molecule has 0 fully saturated rings. The lowest BCUT2D eigenvalue weighted by Crippen LogP contribution is -2.46. The number of rotatable bonds is 5. The average Bonchev–Trinajstić information content (AvgIpc) is 3.75. The maximum Gasteiger partial charge on any atom is 0.135 e. The fourth-order valence-corrected chi connectivity index (χ4v) is 10.6. The van der Waals surface area contributed by atoms with E-state index in [1.165, 1.54) is 92.1 Å². The van der Waals surface area contributed by atoms with Crippen LogP contribution in [0.2, 0.25) is 0 Å². The van der Waals surface area contributed by atoms with E-state index in [9.17, 15) is 0 Å². The number of nitrogens with zero attached hydrogens (tertiary/aromatic N) is 2. The minimum absolute atomic E-state index is 0.0671. The van der Waals surface area contributed by atoms with Crippen LogP contribution in [0, 0.1) is 0 Å². The van der Waals surface area contributed by atoms with Crippen LogP contribution >= 0.6 is 11.3 Å². The highest BCUT2D eigenvalue weighted by Crippen LogP contribution is 2.55. The molecule has 1 aliphatic heterocycles. The lowest BCUT2D eigenvalue weighted by molar-refractivity contribution is 0.257. The van der Waals surface area contributed by atoms with E-state index in [1.807, 2.05) is 11.3 Å². The number of amidine groups is 1. The highest BCUT2D eigenvalue weighted by atomic mass is 32.1. The Bertz CT molecular complexity index is 3030. The molecule has 3 nitrogen and oxygen atoms in total. The van der Waals surface area contributed by atoms with Crippen LogP contribution in [-0.2, 0) is 5.41 Å². The van der Waals surface area contributed by atoms with Crippen LogP contribution in [0.15, 0.2) is 181 Å². The van der Waals surface area contributed by atoms with E-state index >= 15 is 0 Å². The molecule has 11 rings (SSSR count). The molecule has 1 N–H and O–H groups in total. The van der Waals surface area contributed by atoms with E-state index < -0.39 is 0 Å². The summed E-state index contributed by atoms with van der Waals surface area (Å²) >= 11 is 1.86. The van der Waals surface area contributed by atoms with Crippen LogP contribution in [0.3, 0.4) is 0 Å². The smallest absolute Gasteiger partial charge is 0.135 e. The third-order valence-electron chi connectivity index (χ3n) is 12.4. The zero-order valence-electron chi connectivity index (χ0n) is 32.2. The van der Waals surface area contributed by atoms with Crippen LogP contribution in [0.1, 0.15) is 54.0 Å². The second kappa shape index (κ2) is 13.1. The normalized spacial score (nSPS) is 17.2. The molecule has 1 aromatic heterocycles. The fourth-order valence-electron chi connectivity index (χ4n) is 9.44. The lowest BCUT2D eigenvalue weighted by atomic mass is 9.80. The van der Waals surface area contributed by atoms with Gasteiger partial charge in [-0.3, -0.25) is 5.32 Å². The molecule has 2 aliphatic rings. The molecule has 8 aromatic carbocycles. The largest absolute Gasteiger partial charge is 0.340 e. The second-order valence-corrected chi connectivity index (χ2v) is 17.0. The zero-order valence-corrected chi connectivity index (χ0v) is 33.0. The van der Waals surface area contributed by atoms with Crippen molar-refractivity contribution in [3.63, 3.8) is 0 Å². The van der Waals surface area contributed by atoms with Crippen molar-refractivity contribution in [1.29, 1.82) is 0 Å². The molecule has 2 unspecified atom stereocenters. The Balaban J connectivity index is 1.07. The van der Waals surface area contributed by atoms with Gasteiger partial charge < -0.3 is 4.90 Å². The van der Waals surface area contributed by atoms with Gasteiger partial charge in [-0.25, -0.2) is 4.99 Å². The van der Waals surface area contributed by atoms with Crippen molar-refractivity contribution in [3.05, 3.63) is 204 Å². The zero-order chi connectivity index (χ0) is 38.3. The quantitative estimate of drug-likeness (QED) is 0.190. The Morgan fingerprint density at radius 1 is 0.544 bits per heavy atom. The number of benzene rings is 8. The molecule has 2 atom stereocenters. The molecule has 0 bridgehead atoms. The summed E-state index contributed by atoms with van der Waals surface area (Å²) in [6.45, 7) is 4.79. The van der Waals surface area contributed by atoms with Gasteiger partial charge >= 0.3 is 0 Å². The number of hydrogen-bond donors (Lipinski definition) is 1. The maximum absolute atomic E-state index is 5.60. The monoisotopic (exact) mass is 751 g/mol. The van der Waals surface area contributed by atoms with Crippen LogP contribution in [0.25, 0.3) is 64.3 Å². The van der Waals surface area contributed by atoms with Crippen molar-refractivity contribution in [3.8, 4) is 33.4 Å². The molecule has 4 heteroatoms. The van der Waals surface area contributed by atoms with Gasteiger partial charge in [-0.1, -0.05) is 172 Å². The van der Waals surface area contributed by atoms with Crippen molar-refractivity contribution in [2.24, 2.45) is 4.99 Å². The van der Waals surface area contributed by atoms with Crippen molar-refractivity contribution in [2.45, 2.75) is 31.6 Å². The van der Waals surface area contributed by atoms with Crippen molar-refractivity contribution >= 4 is 48.1 Å². The first-order valence-corrected chi connectivity index (χ1v) is 20.6. The minimum atomic E-state index is -0.250. The summed E-state index contributed by atoms with van der Waals surface area (Å²) in [7, 11) is 2.17. The minimum Gasteiger partial charge on any atom is -0.340 e. The summed E-state index contributed by atoms with van der Waals surface area (Å²) < 4.78 is 2.58. The molecule has 0 saturated heterocycles. The van der Waals surface area contributed by atoms with Gasteiger partial charge in [0.25, 0.3) is 0 Å². The van der Waals surface area contributed by atoms with Crippen LogP contribution < -0.4 is 5.32 Å². The van der Waals surface area contributed by atoms with Crippen molar-refractivity contribution in [2.75, 3.05) is 7.05 Å². The number of aliphatic imine (C=N–C) groups is 1. The van der Waals surface area contributed by atoms with E-state index in [0.717, 1.165) is 5.84 Å². The molecule has 1 aliphatic carbocycles. The van der Waals surface area contributed by atoms with Gasteiger partial charge in [0.2, 0.25) is 0 Å². The third-order valence-corrected chi connectivity index (χ3v) is 13.6.